The first-order chi connectivity index (χ1) is 12.5. The Morgan fingerprint density at radius 3 is 2.92 bits per heavy atom. The van der Waals surface area contributed by atoms with Crippen molar-refractivity contribution in [1.29, 1.82) is 0 Å². The highest BCUT2D eigenvalue weighted by Gasteiger charge is 2.34. The van der Waals surface area contributed by atoms with E-state index in [1.165, 1.54) is 31.5 Å². The van der Waals surface area contributed by atoms with Crippen molar-refractivity contribution in [2.45, 2.75) is 51.7 Å². The molecular formula is C21H34N4O. The first-order valence-corrected chi connectivity index (χ1v) is 9.98. The molecule has 5 heteroatoms. The van der Waals surface area contributed by atoms with E-state index < -0.39 is 0 Å². The molecule has 0 bridgehead atoms. The number of nitrogens with zero attached hydrogens (tertiary/aromatic N) is 2. The van der Waals surface area contributed by atoms with Crippen LogP contribution in [0, 0.1) is 5.92 Å². The Bertz CT molecular complexity index is 628. The van der Waals surface area contributed by atoms with Gasteiger partial charge in [-0.05, 0) is 51.8 Å². The van der Waals surface area contributed by atoms with E-state index in [0.29, 0.717) is 5.92 Å². The molecule has 1 aromatic rings. The summed E-state index contributed by atoms with van der Waals surface area (Å²) in [6, 6.07) is 8.53. The average molecular weight is 359 g/mol. The van der Waals surface area contributed by atoms with Crippen molar-refractivity contribution in [3.63, 3.8) is 0 Å². The Morgan fingerprint density at radius 2 is 2.15 bits per heavy atom. The van der Waals surface area contributed by atoms with Gasteiger partial charge in [-0.2, -0.15) is 0 Å². The molecular weight excluding hydrogens is 324 g/mol. The first kappa shape index (κ1) is 19.0. The molecule has 2 aliphatic heterocycles. The van der Waals surface area contributed by atoms with E-state index in [4.69, 9.17) is 4.74 Å². The second-order valence-corrected chi connectivity index (χ2v) is 8.16. The van der Waals surface area contributed by atoms with E-state index >= 15 is 0 Å². The van der Waals surface area contributed by atoms with Gasteiger partial charge in [0.2, 0.25) is 0 Å². The van der Waals surface area contributed by atoms with Crippen LogP contribution in [0.25, 0.3) is 0 Å². The summed E-state index contributed by atoms with van der Waals surface area (Å²) < 4.78 is 6.14. The van der Waals surface area contributed by atoms with Crippen molar-refractivity contribution >= 4 is 5.96 Å². The van der Waals surface area contributed by atoms with Gasteiger partial charge in [-0.1, -0.05) is 25.1 Å². The van der Waals surface area contributed by atoms with Gasteiger partial charge in [0.15, 0.2) is 5.96 Å². The van der Waals surface area contributed by atoms with Gasteiger partial charge < -0.3 is 20.3 Å². The van der Waals surface area contributed by atoms with Crippen molar-refractivity contribution in [3.8, 4) is 5.75 Å². The van der Waals surface area contributed by atoms with Crippen LogP contribution in [0.1, 0.15) is 51.6 Å². The molecule has 0 aromatic heterocycles. The van der Waals surface area contributed by atoms with Crippen molar-refractivity contribution in [2.75, 3.05) is 33.2 Å². The Balaban J connectivity index is 1.61. The second-order valence-electron chi connectivity index (χ2n) is 8.16. The minimum Gasteiger partial charge on any atom is -0.487 e. The highest BCUT2D eigenvalue weighted by atomic mass is 16.5. The molecule has 2 aliphatic rings. The van der Waals surface area contributed by atoms with Crippen LogP contribution in [0.4, 0.5) is 0 Å². The van der Waals surface area contributed by atoms with Crippen LogP contribution in [0.15, 0.2) is 29.3 Å². The molecule has 144 valence electrons. The molecule has 1 fully saturated rings. The van der Waals surface area contributed by atoms with Gasteiger partial charge in [0.1, 0.15) is 11.4 Å². The highest BCUT2D eigenvalue weighted by molar-refractivity contribution is 5.80. The molecule has 0 saturated carbocycles. The summed E-state index contributed by atoms with van der Waals surface area (Å²) in [7, 11) is 1.85. The number of rotatable bonds is 4. The number of hydrogen-bond donors (Lipinski definition) is 2. The maximum Gasteiger partial charge on any atom is 0.191 e. The Labute approximate surface area is 158 Å². The lowest BCUT2D eigenvalue weighted by atomic mass is 9.90. The maximum atomic E-state index is 6.14. The molecule has 0 radical (unpaired) electrons. The fraction of sp³-hybridized carbons (Fsp3) is 0.667. The molecule has 2 unspecified atom stereocenters. The Morgan fingerprint density at radius 1 is 1.35 bits per heavy atom. The van der Waals surface area contributed by atoms with Crippen LogP contribution < -0.4 is 15.4 Å². The van der Waals surface area contributed by atoms with E-state index in [9.17, 15) is 0 Å². The number of hydrogen-bond acceptors (Lipinski definition) is 3. The molecule has 3 rings (SSSR count). The third kappa shape index (κ3) is 4.70. The quantitative estimate of drug-likeness (QED) is 0.641. The van der Waals surface area contributed by atoms with Gasteiger partial charge in [-0.25, -0.2) is 0 Å². The summed E-state index contributed by atoms with van der Waals surface area (Å²) in [6.45, 7) is 11.1. The molecule has 1 saturated heterocycles. The van der Waals surface area contributed by atoms with Gasteiger partial charge >= 0.3 is 0 Å². The average Bonchev–Trinajstić information content (AvgIpc) is 2.64. The van der Waals surface area contributed by atoms with E-state index in [0.717, 1.165) is 31.2 Å². The van der Waals surface area contributed by atoms with Crippen LogP contribution in [0.3, 0.4) is 0 Å². The minimum atomic E-state index is -0.185. The van der Waals surface area contributed by atoms with Crippen molar-refractivity contribution in [3.05, 3.63) is 29.8 Å². The van der Waals surface area contributed by atoms with Crippen LogP contribution in [0.2, 0.25) is 0 Å². The Hall–Kier alpha value is -1.75. The monoisotopic (exact) mass is 358 g/mol. The number of likely N-dealkylation sites (tertiary alicyclic amines) is 1. The zero-order valence-corrected chi connectivity index (χ0v) is 16.7. The van der Waals surface area contributed by atoms with E-state index in [1.54, 1.807) is 0 Å². The fourth-order valence-electron chi connectivity index (χ4n) is 4.14. The Kier molecular flexibility index (Phi) is 6.07. The predicted molar refractivity (Wildman–Crippen MR) is 108 cm³/mol. The summed E-state index contributed by atoms with van der Waals surface area (Å²) in [5.74, 6) is 2.55. The third-order valence-electron chi connectivity index (χ3n) is 5.52. The van der Waals surface area contributed by atoms with Gasteiger partial charge in [0, 0.05) is 32.1 Å². The summed E-state index contributed by atoms with van der Waals surface area (Å²) in [4.78, 5) is 7.01. The van der Waals surface area contributed by atoms with Gasteiger partial charge in [0.05, 0.1) is 6.04 Å². The van der Waals surface area contributed by atoms with Crippen molar-refractivity contribution < 1.29 is 4.74 Å². The van der Waals surface area contributed by atoms with E-state index in [1.807, 2.05) is 13.1 Å². The lowest BCUT2D eigenvalue weighted by molar-refractivity contribution is 0.0693. The normalized spacial score (nSPS) is 25.9. The van der Waals surface area contributed by atoms with Crippen LogP contribution in [0.5, 0.6) is 5.75 Å². The van der Waals surface area contributed by atoms with Crippen LogP contribution >= 0.6 is 0 Å². The molecule has 5 nitrogen and oxygen atoms in total. The number of para-hydroxylation sites is 1. The summed E-state index contributed by atoms with van der Waals surface area (Å²) in [6.07, 6.45) is 3.51. The summed E-state index contributed by atoms with van der Waals surface area (Å²) >= 11 is 0. The number of ether oxygens (including phenoxy) is 1. The van der Waals surface area contributed by atoms with Crippen molar-refractivity contribution in [2.24, 2.45) is 10.9 Å². The minimum absolute atomic E-state index is 0.185. The zero-order valence-electron chi connectivity index (χ0n) is 16.7. The van der Waals surface area contributed by atoms with Crippen LogP contribution in [-0.2, 0) is 0 Å². The molecule has 26 heavy (non-hydrogen) atoms. The van der Waals surface area contributed by atoms with Crippen LogP contribution in [-0.4, -0.2) is 49.7 Å². The predicted octanol–water partition coefficient (Wildman–Crippen LogP) is 3.19. The number of aliphatic imine (C=N–C) groups is 1. The van der Waals surface area contributed by atoms with Gasteiger partial charge in [-0.15, -0.1) is 0 Å². The lowest BCUT2D eigenvalue weighted by Gasteiger charge is -2.38. The largest absolute Gasteiger partial charge is 0.487 e. The first-order valence-electron chi connectivity index (χ1n) is 9.98. The smallest absolute Gasteiger partial charge is 0.191 e. The standard InChI is InChI=1S/C21H34N4O/c1-5-25-12-8-9-16(15-25)14-23-20(22-4)24-18-13-21(2,3)26-19-11-7-6-10-17(18)19/h6-7,10-11,16,18H,5,8-9,12-15H2,1-4H3,(H2,22,23,24). The topological polar surface area (TPSA) is 48.9 Å². The number of benzene rings is 1. The van der Waals surface area contributed by atoms with Crippen molar-refractivity contribution in [1.82, 2.24) is 15.5 Å². The third-order valence-corrected chi connectivity index (χ3v) is 5.52. The second kappa shape index (κ2) is 8.30. The van der Waals surface area contributed by atoms with Gasteiger partial charge in [0.25, 0.3) is 0 Å². The maximum absolute atomic E-state index is 6.14. The lowest BCUT2D eigenvalue weighted by Crippen LogP contribution is -2.47. The molecule has 0 spiro atoms. The van der Waals surface area contributed by atoms with E-state index in [-0.39, 0.29) is 11.6 Å². The molecule has 1 aromatic carbocycles. The summed E-state index contributed by atoms with van der Waals surface area (Å²) in [5, 5.41) is 7.19. The number of piperidine rings is 1. The number of nitrogens with one attached hydrogen (secondary N) is 2. The molecule has 2 heterocycles. The number of guanidine groups is 1. The fourth-order valence-corrected chi connectivity index (χ4v) is 4.14. The molecule has 2 atom stereocenters. The molecule has 2 N–H and O–H groups in total. The SMILES string of the molecule is CCN1CCCC(CNC(=NC)NC2CC(C)(C)Oc3ccccc32)C1. The molecule has 0 aliphatic carbocycles. The van der Waals surface area contributed by atoms with E-state index in [2.05, 4.69) is 59.5 Å². The summed E-state index contributed by atoms with van der Waals surface area (Å²) in [5.41, 5.74) is 1.03. The van der Waals surface area contributed by atoms with Gasteiger partial charge in [-0.3, -0.25) is 4.99 Å². The highest BCUT2D eigenvalue weighted by Crippen LogP contribution is 2.39. The molecule has 0 amide bonds. The zero-order chi connectivity index (χ0) is 18.6. The number of fused-ring (bicyclic) bond motifs is 1.